The molecule has 0 bridgehead atoms. The molecule has 1 aromatic rings. The average Bonchev–Trinajstić information content (AvgIpc) is 2.43. The molecule has 1 rings (SSSR count). The van der Waals surface area contributed by atoms with Crippen LogP contribution in [0.1, 0.15) is 51.4 Å². The molecule has 0 saturated heterocycles. The van der Waals surface area contributed by atoms with Crippen molar-refractivity contribution in [3.63, 3.8) is 0 Å². The molecule has 0 aliphatic carbocycles. The van der Waals surface area contributed by atoms with Gasteiger partial charge in [-0.1, -0.05) is 26.8 Å². The maximum atomic E-state index is 4.45. The molecule has 0 aromatic carbocycles. The van der Waals surface area contributed by atoms with Crippen molar-refractivity contribution in [1.29, 1.82) is 0 Å². The Morgan fingerprint density at radius 3 is 2.26 bits per heavy atom. The third-order valence-electron chi connectivity index (χ3n) is 4.38. The summed E-state index contributed by atoms with van der Waals surface area (Å²) in [4.78, 5) is 6.98. The number of nitrogens with zero attached hydrogens (tertiary/aromatic N) is 2. The van der Waals surface area contributed by atoms with Crippen LogP contribution in [0.15, 0.2) is 18.3 Å². The van der Waals surface area contributed by atoms with E-state index in [-0.39, 0.29) is 5.54 Å². The van der Waals surface area contributed by atoms with Gasteiger partial charge in [-0.3, -0.25) is 9.88 Å². The van der Waals surface area contributed by atoms with E-state index in [2.05, 4.69) is 55.0 Å². The summed E-state index contributed by atoms with van der Waals surface area (Å²) in [5.74, 6) is 0. The molecule has 1 aromatic heterocycles. The van der Waals surface area contributed by atoms with Gasteiger partial charge < -0.3 is 5.32 Å². The Morgan fingerprint density at radius 1 is 1.26 bits per heavy atom. The Hall–Kier alpha value is -0.930. The smallest absolute Gasteiger partial charge is 0.0517 e. The highest BCUT2D eigenvalue weighted by molar-refractivity contribution is 5.21. The highest BCUT2D eigenvalue weighted by Crippen LogP contribution is 2.33. The molecular formula is C16H29N3. The Bertz CT molecular complexity index is 370. The van der Waals surface area contributed by atoms with Crippen LogP contribution >= 0.6 is 0 Å². The van der Waals surface area contributed by atoms with Crippen LogP contribution < -0.4 is 5.32 Å². The van der Waals surface area contributed by atoms with E-state index >= 15 is 0 Å². The average molecular weight is 263 g/mol. The first-order valence-corrected chi connectivity index (χ1v) is 7.38. The fraction of sp³-hybridized carbons (Fsp3) is 0.688. The van der Waals surface area contributed by atoms with E-state index in [9.17, 15) is 0 Å². The van der Waals surface area contributed by atoms with E-state index in [1.165, 1.54) is 5.56 Å². The summed E-state index contributed by atoms with van der Waals surface area (Å²) in [6.45, 7) is 13.2. The third-order valence-corrected chi connectivity index (χ3v) is 4.38. The number of aromatic nitrogens is 1. The monoisotopic (exact) mass is 263 g/mol. The Balaban J connectivity index is 3.14. The molecule has 3 heteroatoms. The lowest BCUT2D eigenvalue weighted by atomic mass is 9.83. The summed E-state index contributed by atoms with van der Waals surface area (Å²) in [6.07, 6.45) is 3.11. The van der Waals surface area contributed by atoms with Gasteiger partial charge in [0.05, 0.1) is 6.04 Å². The lowest BCUT2D eigenvalue weighted by Gasteiger charge is -2.45. The first-order chi connectivity index (χ1) is 9.03. The second kappa shape index (κ2) is 7.01. The standard InChI is InChI=1S/C16H29N3/c1-7-16(5,19(8-2)9-3)15(17-6)14-11-10-13(4)18-12-14/h10-12,15,17H,7-9H2,1-6H3. The van der Waals surface area contributed by atoms with E-state index < -0.39 is 0 Å². The van der Waals surface area contributed by atoms with E-state index in [4.69, 9.17) is 0 Å². The largest absolute Gasteiger partial charge is 0.311 e. The summed E-state index contributed by atoms with van der Waals surface area (Å²) < 4.78 is 0. The zero-order valence-electron chi connectivity index (χ0n) is 13.3. The molecule has 1 heterocycles. The van der Waals surface area contributed by atoms with Crippen molar-refractivity contribution in [3.8, 4) is 0 Å². The van der Waals surface area contributed by atoms with Gasteiger partial charge >= 0.3 is 0 Å². The van der Waals surface area contributed by atoms with E-state index in [0.717, 1.165) is 25.2 Å². The summed E-state index contributed by atoms with van der Waals surface area (Å²) in [5.41, 5.74) is 2.44. The normalized spacial score (nSPS) is 16.4. The Kier molecular flexibility index (Phi) is 5.95. The van der Waals surface area contributed by atoms with Gasteiger partial charge in [0.1, 0.15) is 0 Å². The van der Waals surface area contributed by atoms with Crippen LogP contribution in [0.5, 0.6) is 0 Å². The molecule has 0 radical (unpaired) electrons. The molecule has 2 unspecified atom stereocenters. The van der Waals surface area contributed by atoms with Crippen molar-refractivity contribution >= 4 is 0 Å². The second-order valence-electron chi connectivity index (χ2n) is 5.34. The molecule has 0 aliphatic heterocycles. The molecule has 2 atom stereocenters. The van der Waals surface area contributed by atoms with Gasteiger partial charge in [-0.15, -0.1) is 0 Å². The third kappa shape index (κ3) is 3.34. The minimum absolute atomic E-state index is 0.106. The molecular weight excluding hydrogens is 234 g/mol. The van der Waals surface area contributed by atoms with Crippen LogP contribution in [-0.4, -0.2) is 35.6 Å². The lowest BCUT2D eigenvalue weighted by Crippen LogP contribution is -2.53. The van der Waals surface area contributed by atoms with Gasteiger partial charge in [0.15, 0.2) is 0 Å². The predicted molar refractivity (Wildman–Crippen MR) is 82.4 cm³/mol. The number of hydrogen-bond acceptors (Lipinski definition) is 3. The first kappa shape index (κ1) is 16.1. The van der Waals surface area contributed by atoms with E-state index in [1.54, 1.807) is 0 Å². The number of hydrogen-bond donors (Lipinski definition) is 1. The molecule has 0 saturated carbocycles. The molecule has 1 N–H and O–H groups in total. The molecule has 0 spiro atoms. The fourth-order valence-electron chi connectivity index (χ4n) is 3.04. The molecule has 0 fully saturated rings. The van der Waals surface area contributed by atoms with Crippen LogP contribution in [0.4, 0.5) is 0 Å². The van der Waals surface area contributed by atoms with Gasteiger partial charge in [-0.25, -0.2) is 0 Å². The van der Waals surface area contributed by atoms with E-state index in [0.29, 0.717) is 6.04 Å². The Labute approximate surface area is 118 Å². The van der Waals surface area contributed by atoms with Crippen LogP contribution in [0.3, 0.4) is 0 Å². The molecule has 0 amide bonds. The van der Waals surface area contributed by atoms with Crippen LogP contribution in [0, 0.1) is 6.92 Å². The highest BCUT2D eigenvalue weighted by atomic mass is 15.2. The minimum atomic E-state index is 0.106. The number of likely N-dealkylation sites (N-methyl/N-ethyl adjacent to an activating group) is 2. The second-order valence-corrected chi connectivity index (χ2v) is 5.34. The van der Waals surface area contributed by atoms with Crippen molar-refractivity contribution in [3.05, 3.63) is 29.6 Å². The van der Waals surface area contributed by atoms with Gasteiger partial charge in [-0.05, 0) is 52.0 Å². The van der Waals surface area contributed by atoms with Crippen LogP contribution in [-0.2, 0) is 0 Å². The van der Waals surface area contributed by atoms with Crippen LogP contribution in [0.25, 0.3) is 0 Å². The SMILES string of the molecule is CCN(CC)C(C)(CC)C(NC)c1ccc(C)nc1. The fourth-order valence-corrected chi connectivity index (χ4v) is 3.04. The summed E-state index contributed by atoms with van der Waals surface area (Å²) in [7, 11) is 2.04. The van der Waals surface area contributed by atoms with Gasteiger partial charge in [0.2, 0.25) is 0 Å². The van der Waals surface area contributed by atoms with Crippen molar-refractivity contribution in [2.24, 2.45) is 0 Å². The Morgan fingerprint density at radius 2 is 1.89 bits per heavy atom. The number of nitrogens with one attached hydrogen (secondary N) is 1. The van der Waals surface area contributed by atoms with Gasteiger partial charge in [0.25, 0.3) is 0 Å². The van der Waals surface area contributed by atoms with Gasteiger partial charge in [-0.2, -0.15) is 0 Å². The minimum Gasteiger partial charge on any atom is -0.311 e. The van der Waals surface area contributed by atoms with Crippen molar-refractivity contribution < 1.29 is 0 Å². The lowest BCUT2D eigenvalue weighted by molar-refractivity contribution is 0.0727. The molecule has 3 nitrogen and oxygen atoms in total. The van der Waals surface area contributed by atoms with Crippen molar-refractivity contribution in [1.82, 2.24) is 15.2 Å². The number of pyridine rings is 1. The highest BCUT2D eigenvalue weighted by Gasteiger charge is 2.37. The van der Waals surface area contributed by atoms with E-state index in [1.807, 2.05) is 20.2 Å². The van der Waals surface area contributed by atoms with Crippen molar-refractivity contribution in [2.45, 2.75) is 52.6 Å². The topological polar surface area (TPSA) is 28.2 Å². The zero-order chi connectivity index (χ0) is 14.5. The summed E-state index contributed by atoms with van der Waals surface area (Å²) >= 11 is 0. The molecule has 108 valence electrons. The summed E-state index contributed by atoms with van der Waals surface area (Å²) in [6, 6.07) is 4.59. The van der Waals surface area contributed by atoms with Crippen LogP contribution in [0.2, 0.25) is 0 Å². The quantitative estimate of drug-likeness (QED) is 0.819. The maximum Gasteiger partial charge on any atom is 0.0517 e. The van der Waals surface area contributed by atoms with Crippen molar-refractivity contribution in [2.75, 3.05) is 20.1 Å². The number of rotatable bonds is 7. The zero-order valence-corrected chi connectivity index (χ0v) is 13.3. The molecule has 19 heavy (non-hydrogen) atoms. The molecule has 0 aliphatic rings. The summed E-state index contributed by atoms with van der Waals surface area (Å²) in [5, 5.41) is 3.50. The predicted octanol–water partition coefficient (Wildman–Crippen LogP) is 3.16. The maximum absolute atomic E-state index is 4.45. The number of aryl methyl sites for hydroxylation is 1. The first-order valence-electron chi connectivity index (χ1n) is 7.38. The van der Waals surface area contributed by atoms with Gasteiger partial charge in [0, 0.05) is 17.4 Å².